The molecule has 0 radical (unpaired) electrons. The smallest absolute Gasteiger partial charge is 0.253 e. The number of nitrogens with zero attached hydrogens (tertiary/aromatic N) is 2. The zero-order chi connectivity index (χ0) is 16.1. The number of benzene rings is 1. The van der Waals surface area contributed by atoms with Crippen LogP contribution in [0.2, 0.25) is 0 Å². The monoisotopic (exact) mass is 298 g/mol. The molecular formula is C18H22N2O2. The van der Waals surface area contributed by atoms with Crippen molar-refractivity contribution in [1.82, 2.24) is 9.80 Å². The molecule has 1 fully saturated rings. The molecular weight excluding hydrogens is 276 g/mol. The second-order valence-electron chi connectivity index (χ2n) is 5.83. The number of hydrogen-bond donors (Lipinski definition) is 0. The molecule has 0 spiro atoms. The maximum atomic E-state index is 12.4. The third-order valence-electron chi connectivity index (χ3n) is 4.13. The summed E-state index contributed by atoms with van der Waals surface area (Å²) in [5.74, 6) is 2.58. The highest BCUT2D eigenvalue weighted by Crippen LogP contribution is 2.21. The van der Waals surface area contributed by atoms with Crippen LogP contribution in [0.1, 0.15) is 28.8 Å². The van der Waals surface area contributed by atoms with Crippen LogP contribution >= 0.6 is 0 Å². The van der Waals surface area contributed by atoms with E-state index in [1.165, 1.54) is 0 Å². The van der Waals surface area contributed by atoms with E-state index in [9.17, 15) is 9.59 Å². The highest BCUT2D eigenvalue weighted by Gasteiger charge is 2.29. The Balaban J connectivity index is 1.92. The van der Waals surface area contributed by atoms with E-state index < -0.39 is 0 Å². The number of carbonyl (C=O) groups is 2. The molecule has 4 nitrogen and oxygen atoms in total. The lowest BCUT2D eigenvalue weighted by atomic mass is 9.95. The molecule has 2 rings (SSSR count). The van der Waals surface area contributed by atoms with Crippen LogP contribution in [0.3, 0.4) is 0 Å². The second-order valence-corrected chi connectivity index (χ2v) is 5.83. The Labute approximate surface area is 132 Å². The average molecular weight is 298 g/mol. The molecule has 0 unspecified atom stereocenters. The van der Waals surface area contributed by atoms with Gasteiger partial charge < -0.3 is 9.80 Å². The first-order chi connectivity index (χ1) is 10.5. The topological polar surface area (TPSA) is 40.6 Å². The van der Waals surface area contributed by atoms with Crippen LogP contribution in [0.5, 0.6) is 0 Å². The van der Waals surface area contributed by atoms with Crippen LogP contribution in [0.4, 0.5) is 0 Å². The largest absolute Gasteiger partial charge is 0.339 e. The number of hydrogen-bond acceptors (Lipinski definition) is 2. The van der Waals surface area contributed by atoms with Crippen LogP contribution in [0, 0.1) is 25.2 Å². The summed E-state index contributed by atoms with van der Waals surface area (Å²) in [4.78, 5) is 28.0. The Hall–Kier alpha value is -2.28. The molecule has 2 amide bonds. The molecule has 22 heavy (non-hydrogen) atoms. The molecule has 1 aliphatic heterocycles. The van der Waals surface area contributed by atoms with E-state index in [1.54, 1.807) is 11.9 Å². The Morgan fingerprint density at radius 2 is 1.86 bits per heavy atom. The van der Waals surface area contributed by atoms with E-state index in [-0.39, 0.29) is 17.7 Å². The molecule has 1 aromatic rings. The molecule has 0 aromatic heterocycles. The maximum absolute atomic E-state index is 12.4. The van der Waals surface area contributed by atoms with Crippen LogP contribution in [0.25, 0.3) is 0 Å². The van der Waals surface area contributed by atoms with Crippen LogP contribution < -0.4 is 0 Å². The number of piperidine rings is 1. The Kier molecular flexibility index (Phi) is 5.21. The highest BCUT2D eigenvalue weighted by molar-refractivity contribution is 5.94. The number of aryl methyl sites for hydroxylation is 1. The predicted octanol–water partition coefficient (Wildman–Crippen LogP) is 1.94. The zero-order valence-electron chi connectivity index (χ0n) is 13.2. The van der Waals surface area contributed by atoms with Crippen molar-refractivity contribution in [2.75, 3.05) is 26.7 Å². The van der Waals surface area contributed by atoms with Crippen LogP contribution in [-0.4, -0.2) is 48.3 Å². The predicted molar refractivity (Wildman–Crippen MR) is 86.3 cm³/mol. The van der Waals surface area contributed by atoms with Gasteiger partial charge in [-0.25, -0.2) is 0 Å². The molecule has 1 aliphatic rings. The Morgan fingerprint density at radius 3 is 2.41 bits per heavy atom. The Bertz CT molecular complexity index is 578. The standard InChI is InChI=1S/C18H22N2O2/c1-4-11-19(3)17(21)16-9-12-20(13-10-16)18(22)15-7-5-14(2)6-8-15/h1,5-8,16H,9-13H2,2-3H3. The minimum atomic E-state index is -0.0274. The number of terminal acetylenes is 1. The molecule has 116 valence electrons. The molecule has 1 aromatic carbocycles. The van der Waals surface area contributed by atoms with Gasteiger partial charge in [0.15, 0.2) is 0 Å². The van der Waals surface area contributed by atoms with Gasteiger partial charge in [0.1, 0.15) is 0 Å². The quantitative estimate of drug-likeness (QED) is 0.800. The van der Waals surface area contributed by atoms with E-state index in [2.05, 4.69) is 5.92 Å². The summed E-state index contributed by atoms with van der Waals surface area (Å²) in [5, 5.41) is 0. The summed E-state index contributed by atoms with van der Waals surface area (Å²) in [7, 11) is 1.73. The van der Waals surface area contributed by atoms with Gasteiger partial charge in [0.2, 0.25) is 5.91 Å². The van der Waals surface area contributed by atoms with Gasteiger partial charge in [-0.15, -0.1) is 6.42 Å². The third kappa shape index (κ3) is 3.67. The average Bonchev–Trinajstić information content (AvgIpc) is 2.54. The fraction of sp³-hybridized carbons (Fsp3) is 0.444. The van der Waals surface area contributed by atoms with Gasteiger partial charge in [0.25, 0.3) is 5.91 Å². The number of carbonyl (C=O) groups excluding carboxylic acids is 2. The van der Waals surface area contributed by atoms with Crippen molar-refractivity contribution in [2.45, 2.75) is 19.8 Å². The molecule has 0 atom stereocenters. The number of amides is 2. The van der Waals surface area contributed by atoms with E-state index >= 15 is 0 Å². The minimum Gasteiger partial charge on any atom is -0.339 e. The van der Waals surface area contributed by atoms with Crippen LogP contribution in [-0.2, 0) is 4.79 Å². The lowest BCUT2D eigenvalue weighted by Gasteiger charge is -2.33. The molecule has 1 heterocycles. The summed E-state index contributed by atoms with van der Waals surface area (Å²) in [6, 6.07) is 7.60. The SMILES string of the molecule is C#CCN(C)C(=O)C1CCN(C(=O)c2ccc(C)cc2)CC1. The summed E-state index contributed by atoms with van der Waals surface area (Å²) < 4.78 is 0. The number of likely N-dealkylation sites (tertiary alicyclic amines) is 1. The zero-order valence-corrected chi connectivity index (χ0v) is 13.2. The molecule has 1 saturated heterocycles. The molecule has 0 aliphatic carbocycles. The lowest BCUT2D eigenvalue weighted by Crippen LogP contribution is -2.43. The van der Waals surface area contributed by atoms with Crippen molar-refractivity contribution >= 4 is 11.8 Å². The van der Waals surface area contributed by atoms with Crippen LogP contribution in [0.15, 0.2) is 24.3 Å². The fourth-order valence-electron chi connectivity index (χ4n) is 2.73. The Morgan fingerprint density at radius 1 is 1.27 bits per heavy atom. The summed E-state index contributed by atoms with van der Waals surface area (Å²) in [6.45, 7) is 3.57. The normalized spacial score (nSPS) is 15.2. The van der Waals surface area contributed by atoms with Crippen molar-refractivity contribution in [3.63, 3.8) is 0 Å². The maximum Gasteiger partial charge on any atom is 0.253 e. The van der Waals surface area contributed by atoms with Gasteiger partial charge in [0, 0.05) is 31.6 Å². The second kappa shape index (κ2) is 7.13. The third-order valence-corrected chi connectivity index (χ3v) is 4.13. The van der Waals surface area contributed by atoms with Crippen molar-refractivity contribution < 1.29 is 9.59 Å². The van der Waals surface area contributed by atoms with Gasteiger partial charge in [-0.1, -0.05) is 23.6 Å². The van der Waals surface area contributed by atoms with E-state index in [0.29, 0.717) is 38.0 Å². The van der Waals surface area contributed by atoms with E-state index in [1.807, 2.05) is 36.1 Å². The number of rotatable bonds is 3. The fourth-order valence-corrected chi connectivity index (χ4v) is 2.73. The van der Waals surface area contributed by atoms with Crippen molar-refractivity contribution in [1.29, 1.82) is 0 Å². The molecule has 0 N–H and O–H groups in total. The first kappa shape index (κ1) is 16.1. The molecule has 4 heteroatoms. The first-order valence-electron chi connectivity index (χ1n) is 7.57. The van der Waals surface area contributed by atoms with Gasteiger partial charge in [-0.3, -0.25) is 9.59 Å². The molecule has 0 bridgehead atoms. The van der Waals surface area contributed by atoms with Crippen molar-refractivity contribution in [3.05, 3.63) is 35.4 Å². The van der Waals surface area contributed by atoms with Gasteiger partial charge >= 0.3 is 0 Å². The van der Waals surface area contributed by atoms with E-state index in [0.717, 1.165) is 5.56 Å². The lowest BCUT2D eigenvalue weighted by molar-refractivity contribution is -0.134. The molecule has 0 saturated carbocycles. The summed E-state index contributed by atoms with van der Waals surface area (Å²) >= 11 is 0. The van der Waals surface area contributed by atoms with Gasteiger partial charge in [0.05, 0.1) is 6.54 Å². The first-order valence-corrected chi connectivity index (χ1v) is 7.57. The van der Waals surface area contributed by atoms with E-state index in [4.69, 9.17) is 6.42 Å². The van der Waals surface area contributed by atoms with Gasteiger partial charge in [-0.05, 0) is 31.9 Å². The highest BCUT2D eigenvalue weighted by atomic mass is 16.2. The minimum absolute atomic E-state index is 0.0274. The summed E-state index contributed by atoms with van der Waals surface area (Å²) in [6.07, 6.45) is 6.64. The summed E-state index contributed by atoms with van der Waals surface area (Å²) in [5.41, 5.74) is 1.84. The van der Waals surface area contributed by atoms with Crippen molar-refractivity contribution in [2.24, 2.45) is 5.92 Å². The van der Waals surface area contributed by atoms with Gasteiger partial charge in [-0.2, -0.15) is 0 Å². The van der Waals surface area contributed by atoms with Crippen molar-refractivity contribution in [3.8, 4) is 12.3 Å².